The molecule has 0 bridgehead atoms. The van der Waals surface area contributed by atoms with E-state index in [0.29, 0.717) is 0 Å². The first-order chi connectivity index (χ1) is 17.6. The summed E-state index contributed by atoms with van der Waals surface area (Å²) in [4.78, 5) is 38.5. The summed E-state index contributed by atoms with van der Waals surface area (Å²) < 4.78 is 53.5. The molecule has 3 rings (SSSR count). The summed E-state index contributed by atoms with van der Waals surface area (Å²) in [6, 6.07) is 7.83. The van der Waals surface area contributed by atoms with Gasteiger partial charge in [0.15, 0.2) is 6.23 Å². The Hall–Kier alpha value is -2.43. The normalized spacial score (nSPS) is 25.5. The van der Waals surface area contributed by atoms with Crippen molar-refractivity contribution in [2.75, 3.05) is 12.7 Å². The molecule has 1 unspecified atom stereocenters. The Kier molecular flexibility index (Phi) is 8.23. The van der Waals surface area contributed by atoms with Crippen molar-refractivity contribution in [2.45, 2.75) is 57.6 Å². The predicted molar refractivity (Wildman–Crippen MR) is 132 cm³/mol. The number of aliphatic hydroxyl groups is 1. The number of benzene rings is 1. The molecular weight excluding hydrogens is 515 g/mol. The highest BCUT2D eigenvalue weighted by molar-refractivity contribution is 7.54. The number of hydrogen-bond donors (Lipinski definition) is 2. The summed E-state index contributed by atoms with van der Waals surface area (Å²) >= 11 is 6.29. The third-order valence-electron chi connectivity index (χ3n) is 5.16. The van der Waals surface area contributed by atoms with Gasteiger partial charge in [-0.25, -0.2) is 9.36 Å². The Morgan fingerprint density at radius 1 is 1.31 bits per heavy atom. The van der Waals surface area contributed by atoms with E-state index in [4.69, 9.17) is 32.9 Å². The topological polar surface area (TPSA) is 146 Å². The second-order valence-corrected chi connectivity index (χ2v) is 11.1. The molecule has 0 saturated carbocycles. The SMILES string of the molecule is [2H]C([2H])(O[P@@](=O)(C[C@@H](C)C(=O)OC(C)C)Oc1ccccc1)[C@@H]1O[C@H](n2cc(C)c(=O)[nH]c2=O)[C@H](Cl)C1O. The summed E-state index contributed by atoms with van der Waals surface area (Å²) in [5.74, 6) is -1.60. The number of halogens is 1. The zero-order chi connectivity index (χ0) is 28.4. The average Bonchev–Trinajstić information content (AvgIpc) is 3.11. The Morgan fingerprint density at radius 2 is 1.97 bits per heavy atom. The van der Waals surface area contributed by atoms with E-state index < -0.39 is 73.4 Å². The van der Waals surface area contributed by atoms with Crippen molar-refractivity contribution in [3.05, 3.63) is 62.9 Å². The highest BCUT2D eigenvalue weighted by atomic mass is 35.5. The van der Waals surface area contributed by atoms with Gasteiger partial charge in [0.25, 0.3) is 5.56 Å². The van der Waals surface area contributed by atoms with Crippen molar-refractivity contribution in [3.63, 3.8) is 0 Å². The van der Waals surface area contributed by atoms with Crippen molar-refractivity contribution >= 4 is 25.2 Å². The number of H-pyrrole nitrogens is 1. The summed E-state index contributed by atoms with van der Waals surface area (Å²) in [5.41, 5.74) is -1.37. The van der Waals surface area contributed by atoms with Crippen molar-refractivity contribution in [1.29, 1.82) is 0 Å². The maximum Gasteiger partial charge on any atom is 0.380 e. The van der Waals surface area contributed by atoms with Crippen LogP contribution in [0.5, 0.6) is 5.75 Å². The molecule has 1 aromatic carbocycles. The molecule has 1 fully saturated rings. The summed E-state index contributed by atoms with van der Waals surface area (Å²) in [6.45, 7) is 3.18. The fourth-order valence-corrected chi connectivity index (χ4v) is 5.39. The first-order valence-electron chi connectivity index (χ1n) is 12.2. The van der Waals surface area contributed by atoms with E-state index >= 15 is 0 Å². The van der Waals surface area contributed by atoms with Gasteiger partial charge in [-0.1, -0.05) is 25.1 Å². The number of esters is 1. The van der Waals surface area contributed by atoms with Gasteiger partial charge >= 0.3 is 19.3 Å². The number of aromatic nitrogens is 2. The summed E-state index contributed by atoms with van der Waals surface area (Å²) in [7, 11) is -4.46. The summed E-state index contributed by atoms with van der Waals surface area (Å²) in [5, 5.41) is 9.38. The zero-order valence-electron chi connectivity index (χ0n) is 22.1. The van der Waals surface area contributed by atoms with Crippen molar-refractivity contribution in [2.24, 2.45) is 5.92 Å². The van der Waals surface area contributed by atoms with Crippen LogP contribution in [0.15, 0.2) is 46.1 Å². The first kappa shape index (κ1) is 25.2. The number of rotatable bonds is 10. The smallest absolute Gasteiger partial charge is 0.380 e. The third kappa shape index (κ3) is 6.86. The Bertz CT molecular complexity index is 1300. The zero-order valence-corrected chi connectivity index (χ0v) is 21.8. The first-order valence-corrected chi connectivity index (χ1v) is 13.3. The molecule has 11 nitrogen and oxygen atoms in total. The Morgan fingerprint density at radius 3 is 2.61 bits per heavy atom. The van der Waals surface area contributed by atoms with Gasteiger partial charge in [-0.05, 0) is 32.9 Å². The quantitative estimate of drug-likeness (QED) is 0.261. The molecule has 13 heteroatoms. The highest BCUT2D eigenvalue weighted by Gasteiger charge is 2.45. The molecule has 2 aromatic rings. The fourth-order valence-electron chi connectivity index (χ4n) is 3.36. The van der Waals surface area contributed by atoms with E-state index in [2.05, 4.69) is 4.98 Å². The second-order valence-electron chi connectivity index (χ2n) is 8.65. The van der Waals surface area contributed by atoms with Gasteiger partial charge in [0.1, 0.15) is 23.3 Å². The largest absolute Gasteiger partial charge is 0.463 e. The molecule has 0 radical (unpaired) electrons. The molecular formula is C23H30ClN2O9P. The van der Waals surface area contributed by atoms with Crippen LogP contribution < -0.4 is 15.8 Å². The molecule has 2 heterocycles. The molecule has 0 amide bonds. The molecule has 36 heavy (non-hydrogen) atoms. The maximum atomic E-state index is 13.9. The maximum absolute atomic E-state index is 13.9. The molecule has 6 atom stereocenters. The number of carbonyl (C=O) groups is 1. The van der Waals surface area contributed by atoms with Gasteiger partial charge in [-0.3, -0.25) is 23.7 Å². The fraction of sp³-hybridized carbons (Fsp3) is 0.522. The number of nitrogens with one attached hydrogen (secondary N) is 1. The van der Waals surface area contributed by atoms with Gasteiger partial charge in [0, 0.05) is 11.8 Å². The van der Waals surface area contributed by atoms with E-state index in [9.17, 15) is 24.1 Å². The number of hydrogen-bond acceptors (Lipinski definition) is 9. The molecule has 198 valence electrons. The van der Waals surface area contributed by atoms with E-state index in [1.54, 1.807) is 32.0 Å². The van der Waals surface area contributed by atoms with Gasteiger partial charge in [-0.2, -0.15) is 0 Å². The number of aliphatic hydroxyl groups excluding tert-OH is 1. The third-order valence-corrected chi connectivity index (χ3v) is 7.50. The number of nitrogens with zero attached hydrogens (tertiary/aromatic N) is 1. The van der Waals surface area contributed by atoms with E-state index in [1.807, 2.05) is 0 Å². The number of aryl methyl sites for hydroxylation is 1. The van der Waals surface area contributed by atoms with Crippen LogP contribution in [0.2, 0.25) is 0 Å². The van der Waals surface area contributed by atoms with Crippen molar-refractivity contribution in [1.82, 2.24) is 9.55 Å². The van der Waals surface area contributed by atoms with Crippen molar-refractivity contribution < 1.29 is 35.7 Å². The van der Waals surface area contributed by atoms with Crippen LogP contribution in [0.4, 0.5) is 0 Å². The predicted octanol–water partition coefficient (Wildman–Crippen LogP) is 2.59. The van der Waals surface area contributed by atoms with Crippen LogP contribution in [0.25, 0.3) is 0 Å². The lowest BCUT2D eigenvalue weighted by molar-refractivity contribution is -0.151. The van der Waals surface area contributed by atoms with Crippen LogP contribution in [-0.4, -0.2) is 57.0 Å². The molecule has 1 aliphatic heterocycles. The van der Waals surface area contributed by atoms with Gasteiger partial charge in [0.2, 0.25) is 0 Å². The van der Waals surface area contributed by atoms with Crippen LogP contribution in [0.3, 0.4) is 0 Å². The molecule has 0 spiro atoms. The van der Waals surface area contributed by atoms with E-state index in [1.165, 1.54) is 26.0 Å². The minimum atomic E-state index is -4.46. The average molecular weight is 547 g/mol. The van der Waals surface area contributed by atoms with Gasteiger partial charge in [-0.15, -0.1) is 11.6 Å². The minimum Gasteiger partial charge on any atom is -0.463 e. The van der Waals surface area contributed by atoms with Gasteiger partial charge in [0.05, 0.1) is 27.5 Å². The van der Waals surface area contributed by atoms with Crippen LogP contribution in [0, 0.1) is 12.8 Å². The van der Waals surface area contributed by atoms with E-state index in [0.717, 1.165) is 10.8 Å². The van der Waals surface area contributed by atoms with E-state index in [-0.39, 0.29) is 11.3 Å². The number of para-hydroxylation sites is 1. The lowest BCUT2D eigenvalue weighted by atomic mass is 10.2. The van der Waals surface area contributed by atoms with Crippen LogP contribution >= 0.6 is 19.2 Å². The molecule has 1 aliphatic rings. The molecule has 2 N–H and O–H groups in total. The van der Waals surface area contributed by atoms with Crippen LogP contribution in [-0.2, 0) is 23.4 Å². The lowest BCUT2D eigenvalue weighted by Gasteiger charge is -2.24. The number of ether oxygens (including phenoxy) is 2. The Labute approximate surface area is 215 Å². The highest BCUT2D eigenvalue weighted by Crippen LogP contribution is 2.50. The number of aromatic amines is 1. The second kappa shape index (κ2) is 11.7. The van der Waals surface area contributed by atoms with Crippen molar-refractivity contribution in [3.8, 4) is 5.75 Å². The monoisotopic (exact) mass is 546 g/mol. The summed E-state index contributed by atoms with van der Waals surface area (Å²) in [6.07, 6.45) is -4.79. The molecule has 1 saturated heterocycles. The Balaban J connectivity index is 1.90. The van der Waals surface area contributed by atoms with Gasteiger partial charge < -0.3 is 19.1 Å². The standard InChI is InChI=1S/C23H30ClN2O9P/c1-13(2)33-22(29)15(4)12-36(31,35-16-8-6-5-7-9-16)32-11-17-19(27)18(24)21(34-17)26-10-14(3)20(28)25-23(26)30/h5-10,13,15,17-19,21,27H,11-12H2,1-4H3,(H,25,28,30)/t15-,17+,18-,19?,21+,36+/m1/s1/i11D2. The molecule has 0 aliphatic carbocycles. The number of carbonyl (C=O) groups excluding carboxylic acids is 1. The van der Waals surface area contributed by atoms with Crippen LogP contribution in [0.1, 0.15) is 35.3 Å². The lowest BCUT2D eigenvalue weighted by Crippen LogP contribution is -2.36. The minimum absolute atomic E-state index is 0.0901. The number of alkyl halides is 1. The molecule has 1 aromatic heterocycles.